The van der Waals surface area contributed by atoms with Crippen LogP contribution in [0.4, 0.5) is 10.2 Å². The average molecular weight is 502 g/mol. The smallest absolute Gasteiger partial charge is 0.280 e. The summed E-state index contributed by atoms with van der Waals surface area (Å²) in [6, 6.07) is 6.01. The summed E-state index contributed by atoms with van der Waals surface area (Å²) >= 11 is 0. The molecule has 6 rings (SSSR count). The highest BCUT2D eigenvalue weighted by Crippen LogP contribution is 2.43. The molecule has 1 fully saturated rings. The first-order valence-electron chi connectivity index (χ1n) is 12.1. The summed E-state index contributed by atoms with van der Waals surface area (Å²) in [5.74, 6) is -0.732. The van der Waals surface area contributed by atoms with Gasteiger partial charge in [0.1, 0.15) is 29.5 Å². The number of hydrogen-bond acceptors (Lipinski definition) is 6. The molecule has 2 aliphatic rings. The molecule has 0 bridgehead atoms. The van der Waals surface area contributed by atoms with E-state index in [1.165, 1.54) is 21.2 Å². The number of pyridine rings is 2. The van der Waals surface area contributed by atoms with Crippen LogP contribution in [-0.4, -0.2) is 46.9 Å². The lowest BCUT2D eigenvalue weighted by Crippen LogP contribution is -2.32. The SMILES string of the molecule is CC(C)N1Cc2c(n(CC(=O)Nc3ccc(F)cn3)c3cc(-c4ccncc4C4CC4)nn3c2=O)C1=O. The number of carbonyl (C=O) groups is 2. The molecule has 0 aromatic carbocycles. The highest BCUT2D eigenvalue weighted by Gasteiger charge is 2.36. The molecule has 1 N–H and O–H groups in total. The predicted molar refractivity (Wildman–Crippen MR) is 132 cm³/mol. The fraction of sp³-hybridized carbons (Fsp3) is 0.308. The van der Waals surface area contributed by atoms with Gasteiger partial charge in [-0.15, -0.1) is 0 Å². The van der Waals surface area contributed by atoms with Crippen LogP contribution in [0.15, 0.2) is 47.7 Å². The molecule has 1 aliphatic carbocycles. The van der Waals surface area contributed by atoms with Crippen LogP contribution in [0, 0.1) is 5.82 Å². The number of fused-ring (bicyclic) bond motifs is 2. The quantitative estimate of drug-likeness (QED) is 0.435. The van der Waals surface area contributed by atoms with E-state index in [-0.39, 0.29) is 42.1 Å². The second-order valence-electron chi connectivity index (χ2n) is 9.69. The number of hydrogen-bond donors (Lipinski definition) is 1. The molecule has 1 saturated carbocycles. The van der Waals surface area contributed by atoms with Crippen LogP contribution in [0.1, 0.15) is 54.2 Å². The lowest BCUT2D eigenvalue weighted by Gasteiger charge is -2.20. The van der Waals surface area contributed by atoms with Crippen molar-refractivity contribution in [1.82, 2.24) is 29.0 Å². The van der Waals surface area contributed by atoms with E-state index >= 15 is 0 Å². The van der Waals surface area contributed by atoms with Crippen molar-refractivity contribution in [2.75, 3.05) is 5.32 Å². The number of carbonyl (C=O) groups excluding carboxylic acids is 2. The Bertz CT molecular complexity index is 1620. The van der Waals surface area contributed by atoms with E-state index < -0.39 is 11.7 Å². The molecule has 188 valence electrons. The number of aromatic nitrogens is 5. The van der Waals surface area contributed by atoms with Crippen molar-refractivity contribution < 1.29 is 14.0 Å². The van der Waals surface area contributed by atoms with E-state index in [1.807, 2.05) is 26.1 Å². The molecule has 37 heavy (non-hydrogen) atoms. The lowest BCUT2D eigenvalue weighted by atomic mass is 10.0. The third kappa shape index (κ3) is 3.96. The van der Waals surface area contributed by atoms with Gasteiger partial charge < -0.3 is 14.8 Å². The van der Waals surface area contributed by atoms with Crippen molar-refractivity contribution in [3.8, 4) is 11.3 Å². The summed E-state index contributed by atoms with van der Waals surface area (Å²) in [6.45, 7) is 3.62. The summed E-state index contributed by atoms with van der Waals surface area (Å²) in [5.41, 5.74) is 2.95. The van der Waals surface area contributed by atoms with Crippen molar-refractivity contribution >= 4 is 23.3 Å². The molecule has 2 amide bonds. The van der Waals surface area contributed by atoms with E-state index in [0.717, 1.165) is 30.2 Å². The molecule has 11 heteroatoms. The Labute approximate surface area is 210 Å². The Kier molecular flexibility index (Phi) is 5.36. The molecule has 5 heterocycles. The van der Waals surface area contributed by atoms with Crippen LogP contribution in [0.3, 0.4) is 0 Å². The van der Waals surface area contributed by atoms with Gasteiger partial charge in [0.15, 0.2) is 0 Å². The fourth-order valence-corrected chi connectivity index (χ4v) is 4.83. The predicted octanol–water partition coefficient (Wildman–Crippen LogP) is 2.97. The summed E-state index contributed by atoms with van der Waals surface area (Å²) in [7, 11) is 0. The van der Waals surface area contributed by atoms with Crippen molar-refractivity contribution in [2.45, 2.75) is 51.7 Å². The van der Waals surface area contributed by atoms with Crippen molar-refractivity contribution in [3.05, 3.63) is 75.8 Å². The van der Waals surface area contributed by atoms with E-state index in [2.05, 4.69) is 20.4 Å². The molecular weight excluding hydrogens is 477 g/mol. The van der Waals surface area contributed by atoms with Gasteiger partial charge in [0.2, 0.25) is 5.91 Å². The van der Waals surface area contributed by atoms with E-state index in [0.29, 0.717) is 22.8 Å². The van der Waals surface area contributed by atoms with Gasteiger partial charge in [0.05, 0.1) is 24.0 Å². The molecule has 4 aromatic heterocycles. The molecule has 0 atom stereocenters. The van der Waals surface area contributed by atoms with Gasteiger partial charge in [-0.2, -0.15) is 9.61 Å². The minimum Gasteiger partial charge on any atom is -0.330 e. The average Bonchev–Trinajstić information content (AvgIpc) is 3.53. The first kappa shape index (κ1) is 23.0. The summed E-state index contributed by atoms with van der Waals surface area (Å²) in [6.07, 6.45) is 6.67. The van der Waals surface area contributed by atoms with Crippen molar-refractivity contribution in [3.63, 3.8) is 0 Å². The van der Waals surface area contributed by atoms with Crippen LogP contribution >= 0.6 is 0 Å². The zero-order chi connectivity index (χ0) is 25.8. The highest BCUT2D eigenvalue weighted by molar-refractivity contribution is 5.98. The Morgan fingerprint density at radius 1 is 1.19 bits per heavy atom. The molecule has 0 unspecified atom stereocenters. The third-order valence-electron chi connectivity index (χ3n) is 6.83. The van der Waals surface area contributed by atoms with E-state index in [4.69, 9.17) is 0 Å². The van der Waals surface area contributed by atoms with Gasteiger partial charge in [-0.25, -0.2) is 9.37 Å². The second kappa shape index (κ2) is 8.61. The first-order valence-corrected chi connectivity index (χ1v) is 12.1. The van der Waals surface area contributed by atoms with Gasteiger partial charge in [-0.3, -0.25) is 19.4 Å². The van der Waals surface area contributed by atoms with E-state index in [1.54, 1.807) is 17.2 Å². The van der Waals surface area contributed by atoms with Crippen LogP contribution in [0.5, 0.6) is 0 Å². The molecule has 0 spiro atoms. The van der Waals surface area contributed by atoms with Gasteiger partial charge in [-0.05, 0) is 56.4 Å². The summed E-state index contributed by atoms with van der Waals surface area (Å²) < 4.78 is 16.0. The maximum atomic E-state index is 13.5. The minimum atomic E-state index is -0.522. The summed E-state index contributed by atoms with van der Waals surface area (Å²) in [5, 5.41) is 7.26. The Morgan fingerprint density at radius 2 is 2.00 bits per heavy atom. The van der Waals surface area contributed by atoms with Gasteiger partial charge >= 0.3 is 0 Å². The van der Waals surface area contributed by atoms with Crippen LogP contribution < -0.4 is 10.9 Å². The lowest BCUT2D eigenvalue weighted by molar-refractivity contribution is -0.116. The van der Waals surface area contributed by atoms with Crippen molar-refractivity contribution in [2.24, 2.45) is 0 Å². The number of nitrogens with one attached hydrogen (secondary N) is 1. The zero-order valence-corrected chi connectivity index (χ0v) is 20.3. The Balaban J connectivity index is 1.48. The number of rotatable bonds is 6. The zero-order valence-electron chi connectivity index (χ0n) is 20.3. The fourth-order valence-electron chi connectivity index (χ4n) is 4.83. The van der Waals surface area contributed by atoms with Crippen molar-refractivity contribution in [1.29, 1.82) is 0 Å². The van der Waals surface area contributed by atoms with Crippen LogP contribution in [-0.2, 0) is 17.9 Å². The Morgan fingerprint density at radius 3 is 2.70 bits per heavy atom. The van der Waals surface area contributed by atoms with E-state index in [9.17, 15) is 18.8 Å². The second-order valence-corrected chi connectivity index (χ2v) is 9.69. The topological polar surface area (TPSA) is 114 Å². The summed E-state index contributed by atoms with van der Waals surface area (Å²) in [4.78, 5) is 49.7. The monoisotopic (exact) mass is 501 g/mol. The number of amides is 2. The highest BCUT2D eigenvalue weighted by atomic mass is 19.1. The van der Waals surface area contributed by atoms with Gasteiger partial charge in [0.25, 0.3) is 11.5 Å². The van der Waals surface area contributed by atoms with Gasteiger partial charge in [-0.1, -0.05) is 0 Å². The molecule has 0 saturated heterocycles. The molecule has 0 radical (unpaired) electrons. The first-order chi connectivity index (χ1) is 17.8. The normalized spacial score (nSPS) is 15.0. The number of halogens is 1. The molecule has 1 aliphatic heterocycles. The van der Waals surface area contributed by atoms with Crippen LogP contribution in [0.25, 0.3) is 16.9 Å². The minimum absolute atomic E-state index is 0.134. The van der Waals surface area contributed by atoms with Crippen LogP contribution in [0.2, 0.25) is 0 Å². The molecule has 4 aromatic rings. The number of nitrogens with zero attached hydrogens (tertiary/aromatic N) is 6. The maximum Gasteiger partial charge on any atom is 0.280 e. The largest absolute Gasteiger partial charge is 0.330 e. The molecular formula is C26H24FN7O3. The maximum absolute atomic E-state index is 13.5. The number of anilines is 1. The molecule has 10 nitrogen and oxygen atoms in total. The standard InChI is InChI=1S/C26H24FN7O3/c1-14(2)32-12-19-24(26(32)37)33(13-22(35)30-21-6-5-16(27)10-29-21)23-9-20(31-34(23)25(19)36)17-7-8-28-11-18(17)15-3-4-15/h5-11,14-15H,3-4,12-13H2,1-2H3,(H,29,30,35). The third-order valence-corrected chi connectivity index (χ3v) is 6.83. The van der Waals surface area contributed by atoms with Gasteiger partial charge in [0, 0.05) is 30.1 Å². The Hall–Kier alpha value is -4.41.